The van der Waals surface area contributed by atoms with Gasteiger partial charge in [-0.25, -0.2) is 4.39 Å². The van der Waals surface area contributed by atoms with Gasteiger partial charge in [0.15, 0.2) is 4.34 Å². The van der Waals surface area contributed by atoms with Gasteiger partial charge in [0.25, 0.3) is 5.69 Å². The summed E-state index contributed by atoms with van der Waals surface area (Å²) in [5.74, 6) is -0.265. The SMILES string of the molecule is CC(Sc1nnc(NCc2ccc(F)cc2)s1)c1cccc([N+](=O)[O-])c1. The highest BCUT2D eigenvalue weighted by Gasteiger charge is 2.14. The number of nitro benzene ring substituents is 1. The molecule has 0 bridgehead atoms. The molecule has 0 saturated heterocycles. The molecule has 0 spiro atoms. The molecule has 3 rings (SSSR count). The molecule has 0 amide bonds. The lowest BCUT2D eigenvalue weighted by Crippen LogP contribution is -1.98. The van der Waals surface area contributed by atoms with Crippen molar-refractivity contribution < 1.29 is 9.31 Å². The Morgan fingerprint density at radius 3 is 2.77 bits per heavy atom. The van der Waals surface area contributed by atoms with Crippen molar-refractivity contribution in [2.75, 3.05) is 5.32 Å². The second kappa shape index (κ2) is 8.24. The van der Waals surface area contributed by atoms with E-state index in [1.54, 1.807) is 24.3 Å². The molecule has 0 saturated carbocycles. The molecule has 1 heterocycles. The van der Waals surface area contributed by atoms with Crippen LogP contribution in [0.25, 0.3) is 0 Å². The number of rotatable bonds is 7. The Morgan fingerprint density at radius 1 is 1.27 bits per heavy atom. The summed E-state index contributed by atoms with van der Waals surface area (Å²) in [6, 6.07) is 12.8. The maximum atomic E-state index is 12.9. The van der Waals surface area contributed by atoms with E-state index in [2.05, 4.69) is 15.5 Å². The number of hydrogen-bond acceptors (Lipinski definition) is 7. The van der Waals surface area contributed by atoms with Crippen LogP contribution in [0.3, 0.4) is 0 Å². The number of anilines is 1. The first-order chi connectivity index (χ1) is 12.5. The van der Waals surface area contributed by atoms with Crippen molar-refractivity contribution in [1.29, 1.82) is 0 Å². The van der Waals surface area contributed by atoms with Crippen LogP contribution in [0.4, 0.5) is 15.2 Å². The van der Waals surface area contributed by atoms with Crippen molar-refractivity contribution >= 4 is 33.9 Å². The molecule has 6 nitrogen and oxygen atoms in total. The van der Waals surface area contributed by atoms with Gasteiger partial charge in [-0.05, 0) is 30.2 Å². The standard InChI is InChI=1S/C17H15FN4O2S2/c1-11(13-3-2-4-15(9-13)22(23)24)25-17-21-20-16(26-17)19-10-12-5-7-14(18)8-6-12/h2-9,11H,10H2,1H3,(H,19,20). The van der Waals surface area contributed by atoms with Gasteiger partial charge in [-0.15, -0.1) is 10.2 Å². The average molecular weight is 390 g/mol. The van der Waals surface area contributed by atoms with Crippen LogP contribution in [0, 0.1) is 15.9 Å². The van der Waals surface area contributed by atoms with E-state index < -0.39 is 4.92 Å². The van der Waals surface area contributed by atoms with E-state index in [9.17, 15) is 14.5 Å². The highest BCUT2D eigenvalue weighted by Crippen LogP contribution is 2.38. The normalized spacial score (nSPS) is 11.9. The Labute approximate surface area is 157 Å². The third-order valence-corrected chi connectivity index (χ3v) is 5.71. The molecule has 0 aliphatic rings. The number of halogens is 1. The van der Waals surface area contributed by atoms with Crippen molar-refractivity contribution in [3.05, 3.63) is 75.6 Å². The van der Waals surface area contributed by atoms with E-state index in [0.29, 0.717) is 11.7 Å². The number of non-ortho nitro benzene ring substituents is 1. The Balaban J connectivity index is 1.60. The van der Waals surface area contributed by atoms with Crippen LogP contribution in [0.2, 0.25) is 0 Å². The first-order valence-corrected chi connectivity index (χ1v) is 9.44. The molecule has 3 aromatic rings. The maximum Gasteiger partial charge on any atom is 0.269 e. The Hall–Kier alpha value is -2.52. The Kier molecular flexibility index (Phi) is 5.79. The number of aromatic nitrogens is 2. The molecule has 0 radical (unpaired) electrons. The number of nitrogens with zero attached hydrogens (tertiary/aromatic N) is 3. The summed E-state index contributed by atoms with van der Waals surface area (Å²) < 4.78 is 13.7. The van der Waals surface area contributed by atoms with Crippen molar-refractivity contribution in [2.24, 2.45) is 0 Å². The molecular weight excluding hydrogens is 375 g/mol. The zero-order chi connectivity index (χ0) is 18.5. The summed E-state index contributed by atoms with van der Waals surface area (Å²) in [4.78, 5) is 10.5. The molecule has 2 aromatic carbocycles. The Morgan fingerprint density at radius 2 is 2.04 bits per heavy atom. The summed E-state index contributed by atoms with van der Waals surface area (Å²) in [6.07, 6.45) is 0. The van der Waals surface area contributed by atoms with Crippen LogP contribution in [0.1, 0.15) is 23.3 Å². The number of hydrogen-bond donors (Lipinski definition) is 1. The fraction of sp³-hybridized carbons (Fsp3) is 0.176. The minimum atomic E-state index is -0.399. The maximum absolute atomic E-state index is 12.9. The number of thioether (sulfide) groups is 1. The predicted molar refractivity (Wildman–Crippen MR) is 101 cm³/mol. The summed E-state index contributed by atoms with van der Waals surface area (Å²) in [6.45, 7) is 2.50. The van der Waals surface area contributed by atoms with E-state index in [4.69, 9.17) is 0 Å². The zero-order valence-corrected chi connectivity index (χ0v) is 15.4. The van der Waals surface area contributed by atoms with Gasteiger partial charge in [0.2, 0.25) is 5.13 Å². The molecule has 1 aromatic heterocycles. The van der Waals surface area contributed by atoms with Crippen LogP contribution >= 0.6 is 23.1 Å². The van der Waals surface area contributed by atoms with Crippen molar-refractivity contribution in [2.45, 2.75) is 23.1 Å². The van der Waals surface area contributed by atoms with Gasteiger partial charge in [-0.2, -0.15) is 0 Å². The minimum Gasteiger partial charge on any atom is -0.356 e. The van der Waals surface area contributed by atoms with Gasteiger partial charge >= 0.3 is 0 Å². The third-order valence-electron chi connectivity index (χ3n) is 3.59. The van der Waals surface area contributed by atoms with Crippen molar-refractivity contribution in [3.63, 3.8) is 0 Å². The van der Waals surface area contributed by atoms with Crippen LogP contribution in [-0.4, -0.2) is 15.1 Å². The third kappa shape index (κ3) is 4.77. The molecule has 26 heavy (non-hydrogen) atoms. The molecule has 134 valence electrons. The highest BCUT2D eigenvalue weighted by atomic mass is 32.2. The van der Waals surface area contributed by atoms with Gasteiger partial charge in [-0.3, -0.25) is 10.1 Å². The van der Waals surface area contributed by atoms with Gasteiger partial charge in [0, 0.05) is 23.9 Å². The second-order valence-corrected chi connectivity index (χ2v) is 8.03. The molecule has 1 N–H and O–H groups in total. The first-order valence-electron chi connectivity index (χ1n) is 7.74. The number of nitro groups is 1. The summed E-state index contributed by atoms with van der Waals surface area (Å²) in [7, 11) is 0. The smallest absolute Gasteiger partial charge is 0.269 e. The van der Waals surface area contributed by atoms with Crippen LogP contribution in [0.5, 0.6) is 0 Å². The summed E-state index contributed by atoms with van der Waals surface area (Å²) in [5.41, 5.74) is 1.88. The first kappa shape index (κ1) is 18.3. The molecule has 0 aliphatic carbocycles. The van der Waals surface area contributed by atoms with E-state index >= 15 is 0 Å². The largest absolute Gasteiger partial charge is 0.356 e. The lowest BCUT2D eigenvalue weighted by atomic mass is 10.1. The van der Waals surface area contributed by atoms with Crippen LogP contribution in [0.15, 0.2) is 52.9 Å². The highest BCUT2D eigenvalue weighted by molar-refractivity contribution is 8.01. The molecule has 0 aliphatic heterocycles. The number of benzene rings is 2. The van der Waals surface area contributed by atoms with Gasteiger partial charge < -0.3 is 5.32 Å². The van der Waals surface area contributed by atoms with Crippen molar-refractivity contribution in [1.82, 2.24) is 10.2 Å². The van der Waals surface area contributed by atoms with E-state index in [1.807, 2.05) is 13.0 Å². The molecule has 9 heteroatoms. The van der Waals surface area contributed by atoms with Crippen LogP contribution < -0.4 is 5.32 Å². The lowest BCUT2D eigenvalue weighted by molar-refractivity contribution is -0.384. The predicted octanol–water partition coefficient (Wildman–Crippen LogP) is 5.05. The van der Waals surface area contributed by atoms with Gasteiger partial charge in [-0.1, -0.05) is 47.4 Å². The van der Waals surface area contributed by atoms with Crippen molar-refractivity contribution in [3.8, 4) is 0 Å². The van der Waals surface area contributed by atoms with E-state index in [1.165, 1.54) is 41.3 Å². The minimum absolute atomic E-state index is 0.00722. The fourth-order valence-corrected chi connectivity index (χ4v) is 4.23. The second-order valence-electron chi connectivity index (χ2n) is 5.47. The van der Waals surface area contributed by atoms with Gasteiger partial charge in [0.05, 0.1) is 4.92 Å². The Bertz CT molecular complexity index is 902. The molecule has 1 atom stereocenters. The summed E-state index contributed by atoms with van der Waals surface area (Å²) >= 11 is 2.90. The van der Waals surface area contributed by atoms with Crippen LogP contribution in [-0.2, 0) is 6.54 Å². The lowest BCUT2D eigenvalue weighted by Gasteiger charge is -2.08. The molecule has 0 fully saturated rings. The molecular formula is C17H15FN4O2S2. The van der Waals surface area contributed by atoms with Gasteiger partial charge in [0.1, 0.15) is 5.82 Å². The van der Waals surface area contributed by atoms with E-state index in [-0.39, 0.29) is 16.8 Å². The fourth-order valence-electron chi connectivity index (χ4n) is 2.22. The summed E-state index contributed by atoms with van der Waals surface area (Å²) in [5, 5.41) is 23.0. The zero-order valence-electron chi connectivity index (χ0n) is 13.8. The monoisotopic (exact) mass is 390 g/mol. The van der Waals surface area contributed by atoms with E-state index in [0.717, 1.165) is 15.5 Å². The average Bonchev–Trinajstić information content (AvgIpc) is 3.08. The number of nitrogens with one attached hydrogen (secondary N) is 1. The quantitative estimate of drug-likeness (QED) is 0.345. The topological polar surface area (TPSA) is 81.0 Å². The molecule has 1 unspecified atom stereocenters.